The molecule has 0 saturated carbocycles. The molecule has 0 aliphatic heterocycles. The van der Waals surface area contributed by atoms with Gasteiger partial charge in [0.1, 0.15) is 5.82 Å². The maximum atomic E-state index is 13.3. The third kappa shape index (κ3) is 6.27. The van der Waals surface area contributed by atoms with Crippen molar-refractivity contribution in [2.75, 3.05) is 26.2 Å². The van der Waals surface area contributed by atoms with Crippen LogP contribution in [0.1, 0.15) is 33.3 Å². The van der Waals surface area contributed by atoms with Crippen molar-refractivity contribution in [2.45, 2.75) is 34.1 Å². The fourth-order valence-electron chi connectivity index (χ4n) is 2.62. The fourth-order valence-corrected chi connectivity index (χ4v) is 2.62. The van der Waals surface area contributed by atoms with Gasteiger partial charge in [0.05, 0.1) is 0 Å². The Kier molecular flexibility index (Phi) is 7.21. The second kappa shape index (κ2) is 9.39. The Balaban J connectivity index is 1.84. The van der Waals surface area contributed by atoms with E-state index in [9.17, 15) is 9.18 Å². The molecule has 0 fully saturated rings. The molecule has 1 amide bonds. The van der Waals surface area contributed by atoms with Crippen molar-refractivity contribution in [1.82, 2.24) is 20.9 Å². The molecule has 0 spiro atoms. The van der Waals surface area contributed by atoms with E-state index in [2.05, 4.69) is 25.9 Å². The minimum absolute atomic E-state index is 0.0296. The quantitative estimate of drug-likeness (QED) is 0.341. The van der Waals surface area contributed by atoms with E-state index in [0.29, 0.717) is 25.6 Å². The van der Waals surface area contributed by atoms with E-state index in [0.717, 1.165) is 29.4 Å². The molecule has 0 radical (unpaired) electrons. The first-order valence-electron chi connectivity index (χ1n) is 9.37. The van der Waals surface area contributed by atoms with Gasteiger partial charge in [-0.2, -0.15) is 0 Å². The smallest absolute Gasteiger partial charge is 0.225 e. The molecular formula is C20H30FN5O. The molecule has 0 bridgehead atoms. The molecule has 2 rings (SSSR count). The normalized spacial score (nSPS) is 12.3. The maximum Gasteiger partial charge on any atom is 0.225 e. The largest absolute Gasteiger partial charge is 0.361 e. The molecule has 1 heterocycles. The molecule has 0 saturated heterocycles. The van der Waals surface area contributed by atoms with Gasteiger partial charge < -0.3 is 20.9 Å². The summed E-state index contributed by atoms with van der Waals surface area (Å²) in [4.78, 5) is 19.5. The SMILES string of the molecule is CCNC(=NCCc1c[nH]c2cc(F)ccc12)NCCNC(=O)C(C)(C)C. The van der Waals surface area contributed by atoms with Crippen LogP contribution in [0.3, 0.4) is 0 Å². The number of guanidine groups is 1. The summed E-state index contributed by atoms with van der Waals surface area (Å²) in [5.41, 5.74) is 1.52. The molecule has 0 unspecified atom stereocenters. The fraction of sp³-hybridized carbons (Fsp3) is 0.500. The van der Waals surface area contributed by atoms with Crippen molar-refractivity contribution in [2.24, 2.45) is 10.4 Å². The third-order valence-corrected chi connectivity index (χ3v) is 4.11. The van der Waals surface area contributed by atoms with Crippen molar-refractivity contribution >= 4 is 22.8 Å². The first-order valence-corrected chi connectivity index (χ1v) is 9.37. The molecule has 27 heavy (non-hydrogen) atoms. The first kappa shape index (κ1) is 20.7. The standard InChI is InChI=1S/C20H30FN5O/c1-5-22-19(25-11-10-23-18(27)20(2,3)4)24-9-8-14-13-26-17-12-15(21)6-7-16(14)17/h6-7,12-13,26H,5,8-11H2,1-4H3,(H,23,27)(H2,22,24,25). The van der Waals surface area contributed by atoms with Crippen LogP contribution in [-0.4, -0.2) is 43.0 Å². The topological polar surface area (TPSA) is 81.3 Å². The van der Waals surface area contributed by atoms with Gasteiger partial charge in [0, 0.05) is 48.7 Å². The zero-order valence-corrected chi connectivity index (χ0v) is 16.6. The molecule has 1 aromatic carbocycles. The highest BCUT2D eigenvalue weighted by molar-refractivity contribution is 5.83. The Morgan fingerprint density at radius 2 is 1.93 bits per heavy atom. The highest BCUT2D eigenvalue weighted by Crippen LogP contribution is 2.19. The van der Waals surface area contributed by atoms with Gasteiger partial charge in [-0.1, -0.05) is 20.8 Å². The van der Waals surface area contributed by atoms with Crippen LogP contribution in [0, 0.1) is 11.2 Å². The highest BCUT2D eigenvalue weighted by Gasteiger charge is 2.20. The summed E-state index contributed by atoms with van der Waals surface area (Å²) < 4.78 is 13.3. The molecule has 148 valence electrons. The molecule has 1 aromatic heterocycles. The van der Waals surface area contributed by atoms with Crippen LogP contribution >= 0.6 is 0 Å². The summed E-state index contributed by atoms with van der Waals surface area (Å²) in [6.45, 7) is 10.2. The van der Waals surface area contributed by atoms with E-state index in [1.54, 1.807) is 6.07 Å². The number of rotatable bonds is 7. The minimum atomic E-state index is -0.388. The molecule has 7 heteroatoms. The number of H-pyrrole nitrogens is 1. The summed E-state index contributed by atoms with van der Waals surface area (Å²) >= 11 is 0. The van der Waals surface area contributed by atoms with Crippen molar-refractivity contribution in [3.63, 3.8) is 0 Å². The molecule has 0 atom stereocenters. The Hall–Kier alpha value is -2.57. The summed E-state index contributed by atoms with van der Waals surface area (Å²) in [6, 6.07) is 4.77. The summed E-state index contributed by atoms with van der Waals surface area (Å²) in [5.74, 6) is 0.501. The number of fused-ring (bicyclic) bond motifs is 1. The van der Waals surface area contributed by atoms with Gasteiger partial charge in [0.15, 0.2) is 5.96 Å². The molecule has 0 aliphatic rings. The predicted octanol–water partition coefficient (Wildman–Crippen LogP) is 2.57. The Morgan fingerprint density at radius 3 is 2.63 bits per heavy atom. The second-order valence-corrected chi connectivity index (χ2v) is 7.45. The van der Waals surface area contributed by atoms with E-state index < -0.39 is 0 Å². The molecule has 4 N–H and O–H groups in total. The second-order valence-electron chi connectivity index (χ2n) is 7.45. The van der Waals surface area contributed by atoms with Crippen LogP contribution in [0.2, 0.25) is 0 Å². The van der Waals surface area contributed by atoms with Crippen LogP contribution in [0.15, 0.2) is 29.4 Å². The van der Waals surface area contributed by atoms with Gasteiger partial charge in [-0.15, -0.1) is 0 Å². The monoisotopic (exact) mass is 375 g/mol. The van der Waals surface area contributed by atoms with Gasteiger partial charge in [-0.3, -0.25) is 9.79 Å². The zero-order chi connectivity index (χ0) is 19.9. The number of hydrogen-bond acceptors (Lipinski definition) is 2. The number of carbonyl (C=O) groups is 1. The number of benzene rings is 1. The summed E-state index contributed by atoms with van der Waals surface area (Å²) in [7, 11) is 0. The lowest BCUT2D eigenvalue weighted by Crippen LogP contribution is -2.43. The van der Waals surface area contributed by atoms with Crippen LogP contribution in [0.4, 0.5) is 4.39 Å². The number of aromatic amines is 1. The Labute approximate surface area is 160 Å². The number of carbonyl (C=O) groups excluding carboxylic acids is 1. The number of amides is 1. The average molecular weight is 375 g/mol. The Morgan fingerprint density at radius 1 is 1.19 bits per heavy atom. The molecular weight excluding hydrogens is 345 g/mol. The average Bonchev–Trinajstić information content (AvgIpc) is 2.99. The van der Waals surface area contributed by atoms with Crippen LogP contribution in [0.25, 0.3) is 10.9 Å². The van der Waals surface area contributed by atoms with Gasteiger partial charge in [0.25, 0.3) is 0 Å². The van der Waals surface area contributed by atoms with Crippen molar-refractivity contribution in [1.29, 1.82) is 0 Å². The number of aliphatic imine (C=N–C) groups is 1. The lowest BCUT2D eigenvalue weighted by molar-refractivity contribution is -0.128. The Bertz CT molecular complexity index is 791. The number of nitrogens with one attached hydrogen (secondary N) is 4. The van der Waals surface area contributed by atoms with Crippen LogP contribution in [0.5, 0.6) is 0 Å². The lowest BCUT2D eigenvalue weighted by atomic mass is 9.96. The van der Waals surface area contributed by atoms with Gasteiger partial charge >= 0.3 is 0 Å². The highest BCUT2D eigenvalue weighted by atomic mass is 19.1. The molecule has 6 nitrogen and oxygen atoms in total. The van der Waals surface area contributed by atoms with Crippen LogP contribution < -0.4 is 16.0 Å². The number of halogens is 1. The summed E-state index contributed by atoms with van der Waals surface area (Å²) in [6.07, 6.45) is 2.66. The third-order valence-electron chi connectivity index (χ3n) is 4.11. The zero-order valence-electron chi connectivity index (χ0n) is 16.6. The molecule has 2 aromatic rings. The number of nitrogens with zero attached hydrogens (tertiary/aromatic N) is 1. The van der Waals surface area contributed by atoms with Gasteiger partial charge in [0.2, 0.25) is 5.91 Å². The maximum absolute atomic E-state index is 13.3. The van der Waals surface area contributed by atoms with E-state index in [1.165, 1.54) is 12.1 Å². The van der Waals surface area contributed by atoms with E-state index in [4.69, 9.17) is 0 Å². The first-order chi connectivity index (χ1) is 12.8. The molecule has 0 aliphatic carbocycles. The number of hydrogen-bond donors (Lipinski definition) is 4. The van der Waals surface area contributed by atoms with Crippen molar-refractivity contribution in [3.05, 3.63) is 35.8 Å². The lowest BCUT2D eigenvalue weighted by Gasteiger charge is -2.18. The van der Waals surface area contributed by atoms with Gasteiger partial charge in [-0.05, 0) is 37.1 Å². The number of aromatic nitrogens is 1. The van der Waals surface area contributed by atoms with E-state index in [-0.39, 0.29) is 17.1 Å². The van der Waals surface area contributed by atoms with E-state index in [1.807, 2.05) is 33.9 Å². The van der Waals surface area contributed by atoms with Gasteiger partial charge in [-0.25, -0.2) is 4.39 Å². The minimum Gasteiger partial charge on any atom is -0.361 e. The van der Waals surface area contributed by atoms with Crippen LogP contribution in [-0.2, 0) is 11.2 Å². The van der Waals surface area contributed by atoms with Crippen molar-refractivity contribution in [3.8, 4) is 0 Å². The summed E-state index contributed by atoms with van der Waals surface area (Å²) in [5, 5.41) is 10.3. The van der Waals surface area contributed by atoms with Crippen molar-refractivity contribution < 1.29 is 9.18 Å². The van der Waals surface area contributed by atoms with E-state index >= 15 is 0 Å². The predicted molar refractivity (Wildman–Crippen MR) is 108 cm³/mol.